The molecule has 4 rings (SSSR count). The number of aromatic amines is 1. The lowest BCUT2D eigenvalue weighted by molar-refractivity contribution is 0.0914. The number of carbonyl (C=O) groups is 1. The van der Waals surface area contributed by atoms with E-state index < -0.39 is 11.5 Å². The molecular formula is C19H16N2O4. The van der Waals surface area contributed by atoms with Crippen molar-refractivity contribution in [2.75, 3.05) is 6.61 Å². The van der Waals surface area contributed by atoms with E-state index in [-0.39, 0.29) is 11.6 Å². The minimum atomic E-state index is -0.455. The molecule has 0 spiro atoms. The van der Waals surface area contributed by atoms with Crippen molar-refractivity contribution in [3.05, 3.63) is 76.3 Å². The highest BCUT2D eigenvalue weighted by Crippen LogP contribution is 2.24. The van der Waals surface area contributed by atoms with Crippen LogP contribution < -0.4 is 15.6 Å². The summed E-state index contributed by atoms with van der Waals surface area (Å²) in [5.41, 5.74) is 1.18. The number of furan rings is 1. The molecule has 1 aliphatic rings. The van der Waals surface area contributed by atoms with Gasteiger partial charge in [-0.1, -0.05) is 18.2 Å². The zero-order valence-corrected chi connectivity index (χ0v) is 13.3. The van der Waals surface area contributed by atoms with E-state index in [1.54, 1.807) is 18.2 Å². The number of carbonyl (C=O) groups excluding carboxylic acids is 1. The van der Waals surface area contributed by atoms with E-state index in [9.17, 15) is 9.59 Å². The van der Waals surface area contributed by atoms with Crippen LogP contribution in [0.15, 0.2) is 64.0 Å². The monoisotopic (exact) mass is 336 g/mol. The molecule has 1 atom stereocenters. The number of rotatable bonds is 3. The summed E-state index contributed by atoms with van der Waals surface area (Å²) < 4.78 is 10.9. The third kappa shape index (κ3) is 3.06. The minimum absolute atomic E-state index is 0.0640. The molecule has 1 aromatic carbocycles. The number of para-hydroxylation sites is 1. The Kier molecular flexibility index (Phi) is 3.85. The Morgan fingerprint density at radius 3 is 2.80 bits per heavy atom. The minimum Gasteiger partial charge on any atom is -0.491 e. The van der Waals surface area contributed by atoms with Crippen LogP contribution in [0.2, 0.25) is 0 Å². The first-order valence-electron chi connectivity index (χ1n) is 7.99. The molecule has 0 saturated heterocycles. The van der Waals surface area contributed by atoms with Gasteiger partial charge >= 0.3 is 0 Å². The van der Waals surface area contributed by atoms with Crippen molar-refractivity contribution in [1.82, 2.24) is 10.3 Å². The van der Waals surface area contributed by atoms with Crippen LogP contribution in [0.1, 0.15) is 15.9 Å². The smallest absolute Gasteiger partial charge is 0.261 e. The maximum absolute atomic E-state index is 12.4. The lowest BCUT2D eigenvalue weighted by Gasteiger charge is -2.25. The van der Waals surface area contributed by atoms with E-state index in [1.165, 1.54) is 12.3 Å². The number of benzene rings is 1. The molecular weight excluding hydrogens is 320 g/mol. The van der Waals surface area contributed by atoms with Gasteiger partial charge in [0.25, 0.3) is 11.5 Å². The molecule has 25 heavy (non-hydrogen) atoms. The van der Waals surface area contributed by atoms with E-state index in [0.29, 0.717) is 24.5 Å². The Morgan fingerprint density at radius 1 is 1.12 bits per heavy atom. The summed E-state index contributed by atoms with van der Waals surface area (Å²) in [6.45, 7) is 0.380. The Hall–Kier alpha value is -3.28. The van der Waals surface area contributed by atoms with Gasteiger partial charge in [0.15, 0.2) is 0 Å². The summed E-state index contributed by atoms with van der Waals surface area (Å²) >= 11 is 0. The number of amides is 1. The average Bonchev–Trinajstić information content (AvgIpc) is 3.16. The fraction of sp³-hybridized carbons (Fsp3) is 0.158. The molecule has 1 aliphatic heterocycles. The van der Waals surface area contributed by atoms with Gasteiger partial charge in [-0.3, -0.25) is 9.59 Å². The number of pyridine rings is 1. The molecule has 0 aliphatic carbocycles. The van der Waals surface area contributed by atoms with Gasteiger partial charge in [-0.2, -0.15) is 0 Å². The Bertz CT molecular complexity index is 960. The van der Waals surface area contributed by atoms with Crippen LogP contribution in [-0.4, -0.2) is 23.5 Å². The normalized spacial score (nSPS) is 15.9. The van der Waals surface area contributed by atoms with Crippen molar-refractivity contribution in [2.24, 2.45) is 0 Å². The number of fused-ring (bicyclic) bond motifs is 1. The van der Waals surface area contributed by atoms with Gasteiger partial charge in [-0.05, 0) is 42.3 Å². The van der Waals surface area contributed by atoms with Gasteiger partial charge in [0.1, 0.15) is 23.7 Å². The van der Waals surface area contributed by atoms with E-state index in [0.717, 1.165) is 11.3 Å². The van der Waals surface area contributed by atoms with Crippen LogP contribution in [0, 0.1) is 0 Å². The lowest BCUT2D eigenvalue weighted by atomic mass is 10.0. The Balaban J connectivity index is 1.49. The third-order valence-electron chi connectivity index (χ3n) is 4.15. The van der Waals surface area contributed by atoms with Gasteiger partial charge in [0, 0.05) is 0 Å². The van der Waals surface area contributed by atoms with Crippen molar-refractivity contribution in [1.29, 1.82) is 0 Å². The molecule has 3 heterocycles. The largest absolute Gasteiger partial charge is 0.491 e. The second-order valence-electron chi connectivity index (χ2n) is 5.89. The predicted molar refractivity (Wildman–Crippen MR) is 91.7 cm³/mol. The highest BCUT2D eigenvalue weighted by atomic mass is 16.5. The summed E-state index contributed by atoms with van der Waals surface area (Å²) in [6, 6.07) is 14.2. The zero-order chi connectivity index (χ0) is 17.2. The maximum atomic E-state index is 12.4. The maximum Gasteiger partial charge on any atom is 0.261 e. The molecule has 0 bridgehead atoms. The van der Waals surface area contributed by atoms with Crippen molar-refractivity contribution in [2.45, 2.75) is 12.5 Å². The molecule has 1 amide bonds. The first-order chi connectivity index (χ1) is 12.2. The van der Waals surface area contributed by atoms with E-state index in [4.69, 9.17) is 9.15 Å². The molecule has 3 aromatic rings. The molecule has 0 saturated carbocycles. The standard InChI is InChI=1S/C19H16N2O4/c22-18(20-13-10-12-4-1-2-5-16(12)25-11-13)14-7-8-15(21-19(14)23)17-6-3-9-24-17/h1-9,13H,10-11H2,(H,20,22)(H,21,23)/t13-/m0/s1. The first kappa shape index (κ1) is 15.3. The van der Waals surface area contributed by atoms with Gasteiger partial charge in [0.2, 0.25) is 0 Å². The summed E-state index contributed by atoms with van der Waals surface area (Å²) in [4.78, 5) is 27.3. The molecule has 6 nitrogen and oxygen atoms in total. The average molecular weight is 336 g/mol. The van der Waals surface area contributed by atoms with Crippen LogP contribution >= 0.6 is 0 Å². The van der Waals surface area contributed by atoms with Crippen LogP contribution in [-0.2, 0) is 6.42 Å². The van der Waals surface area contributed by atoms with Gasteiger partial charge in [-0.15, -0.1) is 0 Å². The second-order valence-corrected chi connectivity index (χ2v) is 5.89. The molecule has 6 heteroatoms. The molecule has 2 aromatic heterocycles. The molecule has 0 fully saturated rings. The molecule has 126 valence electrons. The third-order valence-corrected chi connectivity index (χ3v) is 4.15. The van der Waals surface area contributed by atoms with E-state index in [1.807, 2.05) is 24.3 Å². The SMILES string of the molecule is O=C(N[C@@H]1COc2ccccc2C1)c1ccc(-c2ccco2)[nH]c1=O. The second kappa shape index (κ2) is 6.32. The highest BCUT2D eigenvalue weighted by molar-refractivity contribution is 5.94. The zero-order valence-electron chi connectivity index (χ0n) is 13.3. The molecule has 2 N–H and O–H groups in total. The lowest BCUT2D eigenvalue weighted by Crippen LogP contribution is -2.44. The topological polar surface area (TPSA) is 84.3 Å². The Labute approximate surface area is 143 Å². The summed E-state index contributed by atoms with van der Waals surface area (Å²) in [7, 11) is 0. The van der Waals surface area contributed by atoms with Crippen molar-refractivity contribution in [3.8, 4) is 17.2 Å². The van der Waals surface area contributed by atoms with Crippen molar-refractivity contribution < 1.29 is 13.9 Å². The first-order valence-corrected chi connectivity index (χ1v) is 7.99. The number of aromatic nitrogens is 1. The summed E-state index contributed by atoms with van der Waals surface area (Å²) in [5, 5.41) is 2.86. The van der Waals surface area contributed by atoms with E-state index in [2.05, 4.69) is 10.3 Å². The van der Waals surface area contributed by atoms with Crippen LogP contribution in [0.5, 0.6) is 5.75 Å². The predicted octanol–water partition coefficient (Wildman–Crippen LogP) is 2.37. The fourth-order valence-electron chi connectivity index (χ4n) is 2.91. The summed E-state index contributed by atoms with van der Waals surface area (Å²) in [6.07, 6.45) is 2.19. The quantitative estimate of drug-likeness (QED) is 0.769. The Morgan fingerprint density at radius 2 is 2.00 bits per heavy atom. The molecule has 0 unspecified atom stereocenters. The fourth-order valence-corrected chi connectivity index (χ4v) is 2.91. The van der Waals surface area contributed by atoms with Crippen molar-refractivity contribution in [3.63, 3.8) is 0 Å². The number of nitrogens with one attached hydrogen (secondary N) is 2. The van der Waals surface area contributed by atoms with E-state index >= 15 is 0 Å². The molecule has 0 radical (unpaired) electrons. The van der Waals surface area contributed by atoms with Gasteiger partial charge < -0.3 is 19.5 Å². The van der Waals surface area contributed by atoms with Gasteiger partial charge in [0.05, 0.1) is 18.0 Å². The van der Waals surface area contributed by atoms with Crippen molar-refractivity contribution >= 4 is 5.91 Å². The summed E-state index contributed by atoms with van der Waals surface area (Å²) in [5.74, 6) is 0.968. The number of ether oxygens (including phenoxy) is 1. The van der Waals surface area contributed by atoms with Gasteiger partial charge in [-0.25, -0.2) is 0 Å². The van der Waals surface area contributed by atoms with Crippen LogP contribution in [0.3, 0.4) is 0 Å². The number of hydrogen-bond donors (Lipinski definition) is 2. The number of H-pyrrole nitrogens is 1. The number of hydrogen-bond acceptors (Lipinski definition) is 4. The highest BCUT2D eigenvalue weighted by Gasteiger charge is 2.22. The van der Waals surface area contributed by atoms with Crippen LogP contribution in [0.25, 0.3) is 11.5 Å². The van der Waals surface area contributed by atoms with Crippen LogP contribution in [0.4, 0.5) is 0 Å².